The van der Waals surface area contributed by atoms with Crippen LogP contribution >= 0.6 is 0 Å². The number of piperidine rings is 1. The maximum absolute atomic E-state index is 13.7. The fraction of sp³-hybridized carbons (Fsp3) is 0.323. The van der Waals surface area contributed by atoms with Crippen molar-refractivity contribution in [2.24, 2.45) is 0 Å². The van der Waals surface area contributed by atoms with Crippen molar-refractivity contribution in [2.75, 3.05) is 56.6 Å². The normalized spacial score (nSPS) is 15.5. The first-order valence-electron chi connectivity index (χ1n) is 13.6. The predicted octanol–water partition coefficient (Wildman–Crippen LogP) is 4.68. The van der Waals surface area contributed by atoms with Gasteiger partial charge in [0.2, 0.25) is 0 Å². The summed E-state index contributed by atoms with van der Waals surface area (Å²) >= 11 is 0. The lowest BCUT2D eigenvalue weighted by Gasteiger charge is -2.37. The molecule has 1 N–H and O–H groups in total. The summed E-state index contributed by atoms with van der Waals surface area (Å²) in [6, 6.07) is 18.0. The molecule has 2 saturated heterocycles. The van der Waals surface area contributed by atoms with E-state index in [-0.39, 0.29) is 17.7 Å². The van der Waals surface area contributed by atoms with Crippen LogP contribution < -0.4 is 15.0 Å². The number of carbonyl (C=O) groups is 3. The Morgan fingerprint density at radius 1 is 0.750 bits per heavy atom. The molecule has 208 valence electrons. The monoisotopic (exact) mass is 544 g/mol. The summed E-state index contributed by atoms with van der Waals surface area (Å²) in [6.45, 7) is 3.36. The van der Waals surface area contributed by atoms with Gasteiger partial charge in [-0.2, -0.15) is 0 Å². The summed E-state index contributed by atoms with van der Waals surface area (Å²) < 4.78 is 18.8. The quantitative estimate of drug-likeness (QED) is 0.488. The Kier molecular flexibility index (Phi) is 8.28. The highest BCUT2D eigenvalue weighted by atomic mass is 19.1. The summed E-state index contributed by atoms with van der Waals surface area (Å²) in [5, 5.41) is 2.92. The molecule has 2 fully saturated rings. The van der Waals surface area contributed by atoms with Gasteiger partial charge in [-0.3, -0.25) is 14.4 Å². The van der Waals surface area contributed by atoms with Crippen LogP contribution in [0.25, 0.3) is 0 Å². The van der Waals surface area contributed by atoms with Crippen LogP contribution in [0, 0.1) is 5.82 Å². The van der Waals surface area contributed by atoms with Crippen molar-refractivity contribution in [3.05, 3.63) is 89.2 Å². The fourth-order valence-corrected chi connectivity index (χ4v) is 5.23. The molecule has 2 aliphatic rings. The first-order valence-corrected chi connectivity index (χ1v) is 13.6. The second-order valence-electron chi connectivity index (χ2n) is 10.1. The highest BCUT2D eigenvalue weighted by Gasteiger charge is 2.27. The molecule has 3 amide bonds. The summed E-state index contributed by atoms with van der Waals surface area (Å²) in [6.07, 6.45) is 3.04. The Hall–Kier alpha value is -4.40. The van der Waals surface area contributed by atoms with E-state index in [0.29, 0.717) is 67.4 Å². The minimum atomic E-state index is -0.440. The Labute approximate surface area is 233 Å². The molecule has 0 aromatic heterocycles. The SMILES string of the molecule is COc1ccc(C(=O)Nc2ccc(N3CCN(C(=O)c4cccc(F)c4)CC3)c(C(=O)N3CCCCC3)c2)cc1. The molecule has 0 radical (unpaired) electrons. The molecule has 0 aliphatic carbocycles. The molecular formula is C31H33FN4O4. The van der Waals surface area contributed by atoms with Crippen molar-refractivity contribution in [3.63, 3.8) is 0 Å². The molecule has 2 heterocycles. The number of ether oxygens (including phenoxy) is 1. The van der Waals surface area contributed by atoms with Gasteiger partial charge in [0.25, 0.3) is 17.7 Å². The average molecular weight is 545 g/mol. The number of rotatable bonds is 6. The van der Waals surface area contributed by atoms with Gasteiger partial charge < -0.3 is 24.8 Å². The lowest BCUT2D eigenvalue weighted by molar-refractivity contribution is 0.0718. The van der Waals surface area contributed by atoms with E-state index < -0.39 is 5.82 Å². The zero-order chi connectivity index (χ0) is 28.1. The van der Waals surface area contributed by atoms with Gasteiger partial charge in [0.05, 0.1) is 12.7 Å². The first kappa shape index (κ1) is 27.2. The summed E-state index contributed by atoms with van der Waals surface area (Å²) in [5.74, 6) is -0.331. The van der Waals surface area contributed by atoms with Crippen LogP contribution in [0.4, 0.5) is 15.8 Å². The van der Waals surface area contributed by atoms with Gasteiger partial charge in [-0.15, -0.1) is 0 Å². The fourth-order valence-electron chi connectivity index (χ4n) is 5.23. The number of hydrogen-bond donors (Lipinski definition) is 1. The third-order valence-corrected chi connectivity index (χ3v) is 7.46. The highest BCUT2D eigenvalue weighted by Crippen LogP contribution is 2.29. The number of piperazine rings is 1. The molecule has 40 heavy (non-hydrogen) atoms. The van der Waals surface area contributed by atoms with Crippen LogP contribution in [0.5, 0.6) is 5.75 Å². The number of carbonyl (C=O) groups excluding carboxylic acids is 3. The maximum Gasteiger partial charge on any atom is 0.256 e. The molecule has 0 unspecified atom stereocenters. The maximum atomic E-state index is 13.7. The van der Waals surface area contributed by atoms with Crippen molar-refractivity contribution in [2.45, 2.75) is 19.3 Å². The Bertz CT molecular complexity index is 1380. The minimum Gasteiger partial charge on any atom is -0.497 e. The smallest absolute Gasteiger partial charge is 0.256 e. The lowest BCUT2D eigenvalue weighted by Crippen LogP contribution is -2.49. The number of nitrogens with one attached hydrogen (secondary N) is 1. The third kappa shape index (κ3) is 6.09. The van der Waals surface area contributed by atoms with E-state index >= 15 is 0 Å². The highest BCUT2D eigenvalue weighted by molar-refractivity contribution is 6.06. The lowest BCUT2D eigenvalue weighted by atomic mass is 10.0. The second kappa shape index (κ2) is 12.2. The molecule has 3 aromatic carbocycles. The number of likely N-dealkylation sites (tertiary alicyclic amines) is 1. The Balaban J connectivity index is 1.35. The van der Waals surface area contributed by atoms with E-state index in [2.05, 4.69) is 10.2 Å². The molecule has 0 atom stereocenters. The van der Waals surface area contributed by atoms with Crippen LogP contribution in [0.1, 0.15) is 50.3 Å². The molecule has 2 aliphatic heterocycles. The predicted molar refractivity (Wildman–Crippen MR) is 152 cm³/mol. The van der Waals surface area contributed by atoms with E-state index in [0.717, 1.165) is 24.9 Å². The van der Waals surface area contributed by atoms with Gasteiger partial charge in [0.15, 0.2) is 0 Å². The van der Waals surface area contributed by atoms with Gasteiger partial charge >= 0.3 is 0 Å². The summed E-state index contributed by atoms with van der Waals surface area (Å²) in [7, 11) is 1.57. The van der Waals surface area contributed by atoms with Gasteiger partial charge in [0, 0.05) is 61.8 Å². The van der Waals surface area contributed by atoms with Gasteiger partial charge in [-0.25, -0.2) is 4.39 Å². The van der Waals surface area contributed by atoms with Crippen LogP contribution in [0.2, 0.25) is 0 Å². The number of halogens is 1. The zero-order valence-electron chi connectivity index (χ0n) is 22.6. The Morgan fingerprint density at radius 2 is 1.45 bits per heavy atom. The van der Waals surface area contributed by atoms with Gasteiger partial charge in [-0.05, 0) is 79.9 Å². The minimum absolute atomic E-state index is 0.0616. The number of amides is 3. The topological polar surface area (TPSA) is 82.2 Å². The number of methoxy groups -OCH3 is 1. The molecule has 0 saturated carbocycles. The standard InChI is InChI=1S/C31H33FN4O4/c1-40-26-11-8-22(9-12-26)29(37)33-25-10-13-28(27(21-25)31(39)35-14-3-2-4-15-35)34-16-18-36(19-17-34)30(38)23-6-5-7-24(32)20-23/h5-13,20-21H,2-4,14-19H2,1H3,(H,33,37). The van der Waals surface area contributed by atoms with E-state index in [1.54, 1.807) is 54.5 Å². The van der Waals surface area contributed by atoms with E-state index in [1.165, 1.54) is 18.2 Å². The molecule has 0 spiro atoms. The van der Waals surface area contributed by atoms with Crippen molar-refractivity contribution >= 4 is 29.1 Å². The molecular weight excluding hydrogens is 511 g/mol. The second-order valence-corrected chi connectivity index (χ2v) is 10.1. The number of nitrogens with zero attached hydrogens (tertiary/aromatic N) is 3. The third-order valence-electron chi connectivity index (χ3n) is 7.46. The molecule has 3 aromatic rings. The van der Waals surface area contributed by atoms with Crippen molar-refractivity contribution in [1.29, 1.82) is 0 Å². The van der Waals surface area contributed by atoms with Crippen molar-refractivity contribution in [1.82, 2.24) is 9.80 Å². The largest absolute Gasteiger partial charge is 0.497 e. The van der Waals surface area contributed by atoms with Crippen molar-refractivity contribution < 1.29 is 23.5 Å². The van der Waals surface area contributed by atoms with E-state index in [1.807, 2.05) is 11.0 Å². The van der Waals surface area contributed by atoms with Crippen LogP contribution in [-0.2, 0) is 0 Å². The summed E-state index contributed by atoms with van der Waals surface area (Å²) in [5.41, 5.74) is 2.64. The van der Waals surface area contributed by atoms with E-state index in [9.17, 15) is 18.8 Å². The van der Waals surface area contributed by atoms with Gasteiger partial charge in [0.1, 0.15) is 11.6 Å². The van der Waals surface area contributed by atoms with Gasteiger partial charge in [-0.1, -0.05) is 6.07 Å². The van der Waals surface area contributed by atoms with Crippen LogP contribution in [-0.4, -0.2) is 73.9 Å². The summed E-state index contributed by atoms with van der Waals surface area (Å²) in [4.78, 5) is 45.2. The van der Waals surface area contributed by atoms with Crippen molar-refractivity contribution in [3.8, 4) is 5.75 Å². The van der Waals surface area contributed by atoms with Crippen LogP contribution in [0.15, 0.2) is 66.7 Å². The molecule has 0 bridgehead atoms. The molecule has 5 rings (SSSR count). The molecule has 9 heteroatoms. The first-order chi connectivity index (χ1) is 19.4. The number of anilines is 2. The Morgan fingerprint density at radius 3 is 2.12 bits per heavy atom. The van der Waals surface area contributed by atoms with E-state index in [4.69, 9.17) is 4.74 Å². The number of hydrogen-bond acceptors (Lipinski definition) is 5. The van der Waals surface area contributed by atoms with Crippen LogP contribution in [0.3, 0.4) is 0 Å². The molecule has 8 nitrogen and oxygen atoms in total. The zero-order valence-corrected chi connectivity index (χ0v) is 22.6. The average Bonchev–Trinajstić information content (AvgIpc) is 3.01. The number of benzene rings is 3.